The highest BCUT2D eigenvalue weighted by Crippen LogP contribution is 2.27. The molecule has 9 heteroatoms. The first-order valence-electron chi connectivity index (χ1n) is 10.3. The summed E-state index contributed by atoms with van der Waals surface area (Å²) in [6, 6.07) is 14.2. The zero-order valence-corrected chi connectivity index (χ0v) is 19.4. The third kappa shape index (κ3) is 6.80. The van der Waals surface area contributed by atoms with Crippen molar-refractivity contribution in [3.8, 4) is 5.75 Å². The molecule has 1 atom stereocenters. The van der Waals surface area contributed by atoms with E-state index in [1.807, 2.05) is 12.1 Å². The Morgan fingerprint density at radius 2 is 1.84 bits per heavy atom. The second-order valence-electron chi connectivity index (χ2n) is 7.38. The summed E-state index contributed by atoms with van der Waals surface area (Å²) in [5.41, 5.74) is 1.37. The average Bonchev–Trinajstić information content (AvgIpc) is 3.19. The minimum absolute atomic E-state index is 0.0930. The molecule has 0 aliphatic carbocycles. The summed E-state index contributed by atoms with van der Waals surface area (Å²) in [4.78, 5) is 38.3. The number of methoxy groups -OCH3 is 1. The van der Waals surface area contributed by atoms with Crippen molar-refractivity contribution in [2.24, 2.45) is 5.92 Å². The van der Waals surface area contributed by atoms with Gasteiger partial charge >= 0.3 is 0 Å². The van der Waals surface area contributed by atoms with E-state index in [1.54, 1.807) is 48.4 Å². The molecule has 2 N–H and O–H groups in total. The number of nitrogens with zero attached hydrogens (tertiary/aromatic N) is 1. The lowest BCUT2D eigenvalue weighted by Gasteiger charge is -2.17. The molecule has 1 saturated heterocycles. The Balaban J connectivity index is 1.47. The number of amides is 3. The largest absolute Gasteiger partial charge is 0.484 e. The van der Waals surface area contributed by atoms with Crippen LogP contribution in [0.4, 0.5) is 11.4 Å². The Labute approximate surface area is 195 Å². The molecule has 0 spiro atoms. The van der Waals surface area contributed by atoms with Gasteiger partial charge in [0.05, 0.1) is 5.92 Å². The molecule has 0 unspecified atom stereocenters. The maximum absolute atomic E-state index is 12.4. The van der Waals surface area contributed by atoms with Crippen molar-refractivity contribution < 1.29 is 23.9 Å². The monoisotopic (exact) mass is 503 g/mol. The summed E-state index contributed by atoms with van der Waals surface area (Å²) in [6.07, 6.45) is 0.916. The summed E-state index contributed by atoms with van der Waals surface area (Å²) in [5.74, 6) is -0.342. The molecule has 3 amide bonds. The van der Waals surface area contributed by atoms with Gasteiger partial charge < -0.3 is 25.0 Å². The molecule has 0 aromatic heterocycles. The first-order chi connectivity index (χ1) is 15.5. The fourth-order valence-corrected chi connectivity index (χ4v) is 3.57. The molecule has 0 bridgehead atoms. The number of carbonyl (C=O) groups is 3. The Morgan fingerprint density at radius 3 is 2.53 bits per heavy atom. The molecule has 1 heterocycles. The van der Waals surface area contributed by atoms with Crippen LogP contribution in [0.15, 0.2) is 53.0 Å². The van der Waals surface area contributed by atoms with Crippen LogP contribution < -0.4 is 20.3 Å². The van der Waals surface area contributed by atoms with Crippen molar-refractivity contribution in [1.29, 1.82) is 0 Å². The van der Waals surface area contributed by atoms with Gasteiger partial charge in [-0.05, 0) is 55.0 Å². The Morgan fingerprint density at radius 1 is 1.12 bits per heavy atom. The molecule has 8 nitrogen and oxygen atoms in total. The van der Waals surface area contributed by atoms with Gasteiger partial charge in [0.15, 0.2) is 6.61 Å². The second-order valence-corrected chi connectivity index (χ2v) is 8.30. The highest BCUT2D eigenvalue weighted by Gasteiger charge is 2.34. The van der Waals surface area contributed by atoms with Gasteiger partial charge in [-0.25, -0.2) is 0 Å². The highest BCUT2D eigenvalue weighted by atomic mass is 79.9. The summed E-state index contributed by atoms with van der Waals surface area (Å²) in [5, 5.41) is 5.61. The number of hydrogen-bond acceptors (Lipinski definition) is 5. The fourth-order valence-electron chi connectivity index (χ4n) is 3.31. The van der Waals surface area contributed by atoms with Gasteiger partial charge in [-0.2, -0.15) is 0 Å². The number of ether oxygens (including phenoxy) is 2. The van der Waals surface area contributed by atoms with Crippen molar-refractivity contribution in [2.75, 3.05) is 43.6 Å². The number of nitrogens with one attached hydrogen (secondary N) is 2. The van der Waals surface area contributed by atoms with E-state index in [-0.39, 0.29) is 36.7 Å². The molecule has 170 valence electrons. The molecule has 1 aliphatic heterocycles. The lowest BCUT2D eigenvalue weighted by Crippen LogP contribution is -2.33. The maximum Gasteiger partial charge on any atom is 0.262 e. The van der Waals surface area contributed by atoms with E-state index in [0.717, 1.165) is 10.9 Å². The Bertz CT molecular complexity index is 934. The molecule has 2 aromatic carbocycles. The zero-order valence-electron chi connectivity index (χ0n) is 17.8. The van der Waals surface area contributed by atoms with E-state index in [9.17, 15) is 14.4 Å². The van der Waals surface area contributed by atoms with Crippen LogP contribution in [0.3, 0.4) is 0 Å². The van der Waals surface area contributed by atoms with E-state index in [0.29, 0.717) is 36.8 Å². The van der Waals surface area contributed by atoms with Gasteiger partial charge in [0.2, 0.25) is 11.8 Å². The van der Waals surface area contributed by atoms with Crippen LogP contribution >= 0.6 is 15.9 Å². The molecular formula is C23H26BrN3O5. The van der Waals surface area contributed by atoms with Crippen LogP contribution in [0.5, 0.6) is 5.75 Å². The first kappa shape index (κ1) is 23.7. The number of hydrogen-bond donors (Lipinski definition) is 2. The van der Waals surface area contributed by atoms with Crippen molar-refractivity contribution in [3.63, 3.8) is 0 Å². The number of benzene rings is 2. The lowest BCUT2D eigenvalue weighted by molar-refractivity contribution is -0.126. The molecule has 1 fully saturated rings. The van der Waals surface area contributed by atoms with Crippen molar-refractivity contribution in [2.45, 2.75) is 12.8 Å². The lowest BCUT2D eigenvalue weighted by atomic mass is 10.1. The summed E-state index contributed by atoms with van der Waals surface area (Å²) in [6.45, 7) is 1.31. The van der Waals surface area contributed by atoms with Crippen LogP contribution in [-0.4, -0.2) is 51.1 Å². The van der Waals surface area contributed by atoms with E-state index in [2.05, 4.69) is 26.6 Å². The fraction of sp³-hybridized carbons (Fsp3) is 0.348. The van der Waals surface area contributed by atoms with Crippen LogP contribution in [0.2, 0.25) is 0 Å². The van der Waals surface area contributed by atoms with Gasteiger partial charge in [0.1, 0.15) is 5.75 Å². The second kappa shape index (κ2) is 11.6. The van der Waals surface area contributed by atoms with E-state index >= 15 is 0 Å². The summed E-state index contributed by atoms with van der Waals surface area (Å²) >= 11 is 3.35. The van der Waals surface area contributed by atoms with Gasteiger partial charge in [0, 0.05) is 49.1 Å². The molecule has 0 radical (unpaired) electrons. The highest BCUT2D eigenvalue weighted by molar-refractivity contribution is 9.10. The predicted octanol–water partition coefficient (Wildman–Crippen LogP) is 2.97. The van der Waals surface area contributed by atoms with Crippen molar-refractivity contribution in [3.05, 3.63) is 53.0 Å². The van der Waals surface area contributed by atoms with Gasteiger partial charge in [-0.15, -0.1) is 0 Å². The predicted molar refractivity (Wildman–Crippen MR) is 125 cm³/mol. The minimum atomic E-state index is -0.372. The third-order valence-corrected chi connectivity index (χ3v) is 5.50. The number of carbonyl (C=O) groups excluding carboxylic acids is 3. The van der Waals surface area contributed by atoms with Crippen LogP contribution in [0.25, 0.3) is 0 Å². The maximum atomic E-state index is 12.4. The number of halogens is 1. The van der Waals surface area contributed by atoms with Crippen LogP contribution in [-0.2, 0) is 19.1 Å². The van der Waals surface area contributed by atoms with Crippen molar-refractivity contribution >= 4 is 45.0 Å². The quantitative estimate of drug-likeness (QED) is 0.485. The summed E-state index contributed by atoms with van der Waals surface area (Å²) < 4.78 is 11.4. The molecule has 32 heavy (non-hydrogen) atoms. The first-order valence-corrected chi connectivity index (χ1v) is 11.1. The molecular weight excluding hydrogens is 478 g/mol. The topological polar surface area (TPSA) is 97.0 Å². The molecule has 1 aliphatic rings. The molecule has 3 rings (SSSR count). The molecule has 2 aromatic rings. The third-order valence-electron chi connectivity index (χ3n) is 4.97. The zero-order chi connectivity index (χ0) is 22.9. The van der Waals surface area contributed by atoms with Crippen molar-refractivity contribution in [1.82, 2.24) is 5.32 Å². The van der Waals surface area contributed by atoms with Gasteiger partial charge in [-0.1, -0.05) is 15.9 Å². The minimum Gasteiger partial charge on any atom is -0.484 e. The van der Waals surface area contributed by atoms with Crippen LogP contribution in [0, 0.1) is 5.92 Å². The normalized spacial score (nSPS) is 15.5. The summed E-state index contributed by atoms with van der Waals surface area (Å²) in [7, 11) is 1.62. The molecule has 0 saturated carbocycles. The standard InChI is InChI=1S/C23H26BrN3O5/c1-31-12-2-11-25-23(30)16-13-22(29)27(14-16)19-7-9-20(10-8-19)32-15-21(28)26-18-5-3-17(24)4-6-18/h3-10,16H,2,11-15H2,1H3,(H,25,30)(H,26,28)/t16-/m1/s1. The van der Waals surface area contributed by atoms with E-state index in [4.69, 9.17) is 9.47 Å². The van der Waals surface area contributed by atoms with Crippen LogP contribution in [0.1, 0.15) is 12.8 Å². The number of rotatable bonds is 10. The number of anilines is 2. The SMILES string of the molecule is COCCCNC(=O)[C@@H]1CC(=O)N(c2ccc(OCC(=O)Nc3ccc(Br)cc3)cc2)C1. The van der Waals surface area contributed by atoms with E-state index < -0.39 is 0 Å². The van der Waals surface area contributed by atoms with Gasteiger partial charge in [-0.3, -0.25) is 14.4 Å². The Hall–Kier alpha value is -2.91. The van der Waals surface area contributed by atoms with Gasteiger partial charge in [0.25, 0.3) is 5.91 Å². The Kier molecular flexibility index (Phi) is 8.64. The smallest absolute Gasteiger partial charge is 0.262 e. The van der Waals surface area contributed by atoms with E-state index in [1.165, 1.54) is 0 Å². The average molecular weight is 504 g/mol.